The lowest BCUT2D eigenvalue weighted by Crippen LogP contribution is -1.96. The van der Waals surface area contributed by atoms with Gasteiger partial charge < -0.3 is 5.73 Å². The second-order valence-electron chi connectivity index (χ2n) is 3.63. The van der Waals surface area contributed by atoms with Crippen molar-refractivity contribution in [1.82, 2.24) is 9.97 Å². The van der Waals surface area contributed by atoms with Crippen LogP contribution in [0.5, 0.6) is 0 Å². The molecule has 0 atom stereocenters. The Bertz CT molecular complexity index is 533. The summed E-state index contributed by atoms with van der Waals surface area (Å²) in [6, 6.07) is 0. The SMILES string of the molecule is CSc1nc(N)c2c3c(sc2n1)CCC3. The maximum Gasteiger partial charge on any atom is 0.190 e. The molecular weight excluding hydrogens is 226 g/mol. The first kappa shape index (κ1) is 9.42. The maximum absolute atomic E-state index is 5.99. The van der Waals surface area contributed by atoms with E-state index in [1.165, 1.54) is 23.3 Å². The van der Waals surface area contributed by atoms with Gasteiger partial charge in [0.05, 0.1) is 5.39 Å². The zero-order chi connectivity index (χ0) is 10.4. The molecule has 0 aromatic carbocycles. The number of rotatable bonds is 1. The first-order chi connectivity index (χ1) is 7.29. The Morgan fingerprint density at radius 2 is 2.20 bits per heavy atom. The predicted molar refractivity (Wildman–Crippen MR) is 65.6 cm³/mol. The van der Waals surface area contributed by atoms with Gasteiger partial charge in [0.2, 0.25) is 0 Å². The summed E-state index contributed by atoms with van der Waals surface area (Å²) in [5.74, 6) is 0.656. The van der Waals surface area contributed by atoms with E-state index in [0.717, 1.165) is 21.8 Å². The lowest BCUT2D eigenvalue weighted by Gasteiger charge is -2.00. The zero-order valence-corrected chi connectivity index (χ0v) is 10.0. The Morgan fingerprint density at radius 3 is 3.00 bits per heavy atom. The molecule has 2 aromatic heterocycles. The van der Waals surface area contributed by atoms with Gasteiger partial charge in [0, 0.05) is 4.88 Å². The molecule has 2 heterocycles. The number of aromatic nitrogens is 2. The van der Waals surface area contributed by atoms with Crippen molar-refractivity contribution in [2.24, 2.45) is 0 Å². The largest absolute Gasteiger partial charge is 0.383 e. The number of aryl methyl sites for hydroxylation is 2. The van der Waals surface area contributed by atoms with E-state index >= 15 is 0 Å². The second-order valence-corrected chi connectivity index (χ2v) is 5.49. The summed E-state index contributed by atoms with van der Waals surface area (Å²) in [6.45, 7) is 0. The predicted octanol–water partition coefficient (Wildman–Crippen LogP) is 2.48. The third kappa shape index (κ3) is 1.33. The van der Waals surface area contributed by atoms with Gasteiger partial charge in [-0.3, -0.25) is 0 Å². The van der Waals surface area contributed by atoms with Crippen LogP contribution in [0.15, 0.2) is 5.16 Å². The lowest BCUT2D eigenvalue weighted by atomic mass is 10.2. The van der Waals surface area contributed by atoms with Crippen LogP contribution >= 0.6 is 23.1 Å². The summed E-state index contributed by atoms with van der Waals surface area (Å²) in [7, 11) is 0. The number of anilines is 1. The van der Waals surface area contributed by atoms with Crippen LogP contribution in [0.4, 0.5) is 5.82 Å². The Labute approximate surface area is 96.1 Å². The van der Waals surface area contributed by atoms with E-state index in [1.54, 1.807) is 23.1 Å². The fourth-order valence-corrected chi connectivity index (χ4v) is 3.79. The Kier molecular flexibility index (Phi) is 2.10. The minimum atomic E-state index is 0.656. The highest BCUT2D eigenvalue weighted by atomic mass is 32.2. The standard InChI is InChI=1S/C10H11N3S2/c1-14-10-12-8(11)7-5-3-2-4-6(5)15-9(7)13-10/h2-4H2,1H3,(H2,11,12,13). The van der Waals surface area contributed by atoms with E-state index in [9.17, 15) is 0 Å². The molecule has 0 radical (unpaired) electrons. The molecule has 3 rings (SSSR count). The number of nitrogens with zero attached hydrogens (tertiary/aromatic N) is 2. The van der Waals surface area contributed by atoms with Crippen molar-refractivity contribution < 1.29 is 0 Å². The molecule has 0 saturated heterocycles. The fourth-order valence-electron chi connectivity index (χ4n) is 2.09. The second kappa shape index (κ2) is 3.35. The van der Waals surface area contributed by atoms with Crippen molar-refractivity contribution in [1.29, 1.82) is 0 Å². The van der Waals surface area contributed by atoms with E-state index in [1.807, 2.05) is 6.26 Å². The molecule has 0 spiro atoms. The molecule has 2 N–H and O–H groups in total. The number of hydrogen-bond acceptors (Lipinski definition) is 5. The first-order valence-electron chi connectivity index (χ1n) is 4.91. The molecule has 0 fully saturated rings. The van der Waals surface area contributed by atoms with Crippen molar-refractivity contribution in [3.8, 4) is 0 Å². The zero-order valence-electron chi connectivity index (χ0n) is 8.41. The smallest absolute Gasteiger partial charge is 0.190 e. The summed E-state index contributed by atoms with van der Waals surface area (Å²) in [4.78, 5) is 11.3. The topological polar surface area (TPSA) is 51.8 Å². The third-order valence-corrected chi connectivity index (χ3v) is 4.49. The van der Waals surface area contributed by atoms with Gasteiger partial charge >= 0.3 is 0 Å². The summed E-state index contributed by atoms with van der Waals surface area (Å²) >= 11 is 3.33. The molecule has 0 unspecified atom stereocenters. The van der Waals surface area contributed by atoms with Gasteiger partial charge in [-0.25, -0.2) is 9.97 Å². The molecule has 0 saturated carbocycles. The molecule has 1 aliphatic rings. The number of fused-ring (bicyclic) bond motifs is 3. The number of nitrogens with two attached hydrogens (primary N) is 1. The van der Waals surface area contributed by atoms with Crippen LogP contribution in [0.2, 0.25) is 0 Å². The molecule has 5 heteroatoms. The van der Waals surface area contributed by atoms with Gasteiger partial charge in [0.25, 0.3) is 0 Å². The average molecular weight is 237 g/mol. The number of thiophene rings is 1. The maximum atomic E-state index is 5.99. The number of hydrogen-bond donors (Lipinski definition) is 1. The van der Waals surface area contributed by atoms with Crippen LogP contribution < -0.4 is 5.73 Å². The van der Waals surface area contributed by atoms with Gasteiger partial charge in [-0.2, -0.15) is 0 Å². The van der Waals surface area contributed by atoms with Crippen molar-refractivity contribution in [2.45, 2.75) is 24.4 Å². The minimum Gasteiger partial charge on any atom is -0.383 e. The summed E-state index contributed by atoms with van der Waals surface area (Å²) in [5.41, 5.74) is 7.40. The molecule has 0 amide bonds. The van der Waals surface area contributed by atoms with Gasteiger partial charge in [0.15, 0.2) is 5.16 Å². The van der Waals surface area contributed by atoms with Gasteiger partial charge in [-0.1, -0.05) is 11.8 Å². The molecule has 1 aliphatic carbocycles. The molecule has 0 aliphatic heterocycles. The van der Waals surface area contributed by atoms with E-state index in [2.05, 4.69) is 9.97 Å². The van der Waals surface area contributed by atoms with Gasteiger partial charge in [-0.05, 0) is 31.1 Å². The number of nitrogen functional groups attached to an aromatic ring is 1. The summed E-state index contributed by atoms with van der Waals surface area (Å²) in [5, 5.41) is 1.89. The highest BCUT2D eigenvalue weighted by Gasteiger charge is 2.20. The summed E-state index contributed by atoms with van der Waals surface area (Å²) < 4.78 is 0. The van der Waals surface area contributed by atoms with Crippen molar-refractivity contribution in [3.63, 3.8) is 0 Å². The van der Waals surface area contributed by atoms with E-state index in [-0.39, 0.29) is 0 Å². The van der Waals surface area contributed by atoms with E-state index in [0.29, 0.717) is 5.82 Å². The Morgan fingerprint density at radius 1 is 1.33 bits per heavy atom. The lowest BCUT2D eigenvalue weighted by molar-refractivity contribution is 0.916. The minimum absolute atomic E-state index is 0.656. The van der Waals surface area contributed by atoms with Crippen LogP contribution in [0.1, 0.15) is 16.9 Å². The molecular formula is C10H11N3S2. The van der Waals surface area contributed by atoms with E-state index in [4.69, 9.17) is 5.73 Å². The van der Waals surface area contributed by atoms with Crippen LogP contribution in [0.25, 0.3) is 10.2 Å². The quantitative estimate of drug-likeness (QED) is 0.611. The monoisotopic (exact) mass is 237 g/mol. The molecule has 15 heavy (non-hydrogen) atoms. The Balaban J connectivity index is 2.34. The van der Waals surface area contributed by atoms with Crippen LogP contribution in [-0.2, 0) is 12.8 Å². The Hall–Kier alpha value is -0.810. The highest BCUT2D eigenvalue weighted by molar-refractivity contribution is 7.98. The molecule has 0 bridgehead atoms. The average Bonchev–Trinajstić information content (AvgIpc) is 2.75. The molecule has 3 nitrogen and oxygen atoms in total. The fraction of sp³-hybridized carbons (Fsp3) is 0.400. The molecule has 78 valence electrons. The van der Waals surface area contributed by atoms with Crippen molar-refractivity contribution >= 4 is 39.1 Å². The van der Waals surface area contributed by atoms with Crippen molar-refractivity contribution in [2.75, 3.05) is 12.0 Å². The summed E-state index contributed by atoms with van der Waals surface area (Å²) in [6.07, 6.45) is 5.55. The molecule has 2 aromatic rings. The highest BCUT2D eigenvalue weighted by Crippen LogP contribution is 2.39. The van der Waals surface area contributed by atoms with Crippen LogP contribution in [0, 0.1) is 0 Å². The van der Waals surface area contributed by atoms with E-state index < -0.39 is 0 Å². The van der Waals surface area contributed by atoms with Crippen LogP contribution in [-0.4, -0.2) is 16.2 Å². The van der Waals surface area contributed by atoms with Crippen molar-refractivity contribution in [3.05, 3.63) is 10.4 Å². The number of thioether (sulfide) groups is 1. The first-order valence-corrected chi connectivity index (χ1v) is 6.95. The van der Waals surface area contributed by atoms with Gasteiger partial charge in [-0.15, -0.1) is 11.3 Å². The normalized spacial score (nSPS) is 14.7. The third-order valence-electron chi connectivity index (χ3n) is 2.75. The van der Waals surface area contributed by atoms with Gasteiger partial charge in [0.1, 0.15) is 10.6 Å². The van der Waals surface area contributed by atoms with Crippen LogP contribution in [0.3, 0.4) is 0 Å².